The third-order valence-corrected chi connectivity index (χ3v) is 6.92. The van der Waals surface area contributed by atoms with E-state index in [9.17, 15) is 8.42 Å². The second kappa shape index (κ2) is 8.00. The molecule has 9 heteroatoms. The maximum atomic E-state index is 13.1. The number of hydrogen-bond donors (Lipinski definition) is 0. The number of piperidine rings is 1. The molecule has 1 aliphatic heterocycles. The van der Waals surface area contributed by atoms with Crippen LogP contribution in [0.1, 0.15) is 42.5 Å². The molecule has 0 bridgehead atoms. The lowest BCUT2D eigenvalue weighted by molar-refractivity contribution is 0.216. The summed E-state index contributed by atoms with van der Waals surface area (Å²) in [5.74, 6) is 1.88. The van der Waals surface area contributed by atoms with E-state index in [2.05, 4.69) is 9.97 Å². The zero-order valence-electron chi connectivity index (χ0n) is 16.5. The SMILES string of the molecule is COc1ccccc1Cc1cnc(C2CCCCN2S(=O)(=O)c2cn(C)cn2)o1. The monoisotopic (exact) mass is 416 g/mol. The van der Waals surface area contributed by atoms with E-state index in [1.807, 2.05) is 24.3 Å². The number of hydrogen-bond acceptors (Lipinski definition) is 6. The molecule has 2 aromatic heterocycles. The van der Waals surface area contributed by atoms with E-state index in [0.717, 1.165) is 24.2 Å². The minimum Gasteiger partial charge on any atom is -0.496 e. The molecular weight excluding hydrogens is 392 g/mol. The first kappa shape index (κ1) is 19.7. The summed E-state index contributed by atoms with van der Waals surface area (Å²) in [5.41, 5.74) is 0.985. The standard InChI is InChI=1S/C20H24N4O4S/c1-23-13-19(22-14-23)29(25,26)24-10-6-5-8-17(24)20-21-12-16(28-20)11-15-7-3-4-9-18(15)27-2/h3-4,7,9,12-14,17H,5-6,8,10-11H2,1-2H3. The lowest BCUT2D eigenvalue weighted by atomic mass is 10.1. The van der Waals surface area contributed by atoms with Gasteiger partial charge in [0.05, 0.1) is 19.6 Å². The van der Waals surface area contributed by atoms with Crippen LogP contribution in [0, 0.1) is 0 Å². The van der Waals surface area contributed by atoms with Gasteiger partial charge in [-0.3, -0.25) is 0 Å². The second-order valence-corrected chi connectivity index (χ2v) is 9.00. The van der Waals surface area contributed by atoms with E-state index in [4.69, 9.17) is 9.15 Å². The van der Waals surface area contributed by atoms with Gasteiger partial charge in [-0.05, 0) is 18.9 Å². The minimum atomic E-state index is -3.72. The Morgan fingerprint density at radius 3 is 2.83 bits per heavy atom. The number of nitrogens with zero attached hydrogens (tertiary/aromatic N) is 4. The molecule has 3 heterocycles. The van der Waals surface area contributed by atoms with Gasteiger partial charge in [-0.1, -0.05) is 24.6 Å². The molecule has 1 aliphatic rings. The van der Waals surface area contributed by atoms with Crippen LogP contribution in [0.15, 0.2) is 52.4 Å². The Morgan fingerprint density at radius 1 is 1.24 bits per heavy atom. The average molecular weight is 417 g/mol. The maximum Gasteiger partial charge on any atom is 0.262 e. The first-order chi connectivity index (χ1) is 14.0. The van der Waals surface area contributed by atoms with Gasteiger partial charge in [0.15, 0.2) is 5.03 Å². The summed E-state index contributed by atoms with van der Waals surface area (Å²) < 4.78 is 40.7. The van der Waals surface area contributed by atoms with Gasteiger partial charge in [0.1, 0.15) is 17.6 Å². The topological polar surface area (TPSA) is 90.5 Å². The predicted octanol–water partition coefficient (Wildman–Crippen LogP) is 2.92. The zero-order valence-corrected chi connectivity index (χ0v) is 17.3. The van der Waals surface area contributed by atoms with Gasteiger partial charge in [-0.25, -0.2) is 18.4 Å². The molecule has 1 unspecified atom stereocenters. The molecule has 154 valence electrons. The summed E-state index contributed by atoms with van der Waals surface area (Å²) in [6.45, 7) is 0.424. The van der Waals surface area contributed by atoms with E-state index >= 15 is 0 Å². The number of ether oxygens (including phenoxy) is 1. The van der Waals surface area contributed by atoms with Crippen molar-refractivity contribution in [3.8, 4) is 5.75 Å². The van der Waals surface area contributed by atoms with Crippen molar-refractivity contribution in [2.24, 2.45) is 7.05 Å². The van der Waals surface area contributed by atoms with Crippen LogP contribution in [0.2, 0.25) is 0 Å². The quantitative estimate of drug-likeness (QED) is 0.614. The number of methoxy groups -OCH3 is 1. The largest absolute Gasteiger partial charge is 0.496 e. The lowest BCUT2D eigenvalue weighted by Crippen LogP contribution is -2.38. The second-order valence-electron chi connectivity index (χ2n) is 7.16. The van der Waals surface area contributed by atoms with Crippen molar-refractivity contribution in [2.75, 3.05) is 13.7 Å². The average Bonchev–Trinajstić information content (AvgIpc) is 3.38. The van der Waals surface area contributed by atoms with Crippen molar-refractivity contribution in [3.63, 3.8) is 0 Å². The molecule has 1 fully saturated rings. The van der Waals surface area contributed by atoms with Crippen LogP contribution in [0.4, 0.5) is 0 Å². The highest BCUT2D eigenvalue weighted by molar-refractivity contribution is 7.89. The number of aromatic nitrogens is 3. The predicted molar refractivity (Wildman–Crippen MR) is 106 cm³/mol. The van der Waals surface area contributed by atoms with Gasteiger partial charge in [0.25, 0.3) is 10.0 Å². The van der Waals surface area contributed by atoms with Crippen molar-refractivity contribution >= 4 is 10.0 Å². The molecule has 4 rings (SSSR count). The Bertz CT molecular complexity index is 1090. The van der Waals surface area contributed by atoms with Gasteiger partial charge in [0, 0.05) is 31.8 Å². The van der Waals surface area contributed by atoms with E-state index in [1.54, 1.807) is 24.9 Å². The van der Waals surface area contributed by atoms with Crippen molar-refractivity contribution < 1.29 is 17.6 Å². The molecule has 29 heavy (non-hydrogen) atoms. The molecule has 1 saturated heterocycles. The van der Waals surface area contributed by atoms with Crippen LogP contribution >= 0.6 is 0 Å². The molecular formula is C20H24N4O4S. The Hall–Kier alpha value is -2.65. The van der Waals surface area contributed by atoms with Gasteiger partial charge in [0.2, 0.25) is 5.89 Å². The van der Waals surface area contributed by atoms with Gasteiger partial charge in [-0.2, -0.15) is 4.31 Å². The lowest BCUT2D eigenvalue weighted by Gasteiger charge is -2.31. The molecule has 1 aromatic carbocycles. The van der Waals surface area contributed by atoms with Crippen LogP contribution < -0.4 is 4.74 Å². The first-order valence-corrected chi connectivity index (χ1v) is 11.0. The number of oxazole rings is 1. The van der Waals surface area contributed by atoms with Gasteiger partial charge in [-0.15, -0.1) is 0 Å². The van der Waals surface area contributed by atoms with Crippen LogP contribution in [0.5, 0.6) is 5.75 Å². The summed E-state index contributed by atoms with van der Waals surface area (Å²) in [6.07, 6.45) is 7.59. The van der Waals surface area contributed by atoms with Crippen molar-refractivity contribution in [3.05, 3.63) is 60.2 Å². The van der Waals surface area contributed by atoms with Gasteiger partial charge < -0.3 is 13.7 Å². The molecule has 8 nitrogen and oxygen atoms in total. The smallest absolute Gasteiger partial charge is 0.262 e. The highest BCUT2D eigenvalue weighted by Crippen LogP contribution is 2.35. The molecule has 0 saturated carbocycles. The van der Waals surface area contributed by atoms with E-state index in [1.165, 1.54) is 16.8 Å². The highest BCUT2D eigenvalue weighted by atomic mass is 32.2. The van der Waals surface area contributed by atoms with Crippen LogP contribution in [0.3, 0.4) is 0 Å². The minimum absolute atomic E-state index is 0.0488. The van der Waals surface area contributed by atoms with E-state index in [-0.39, 0.29) is 5.03 Å². The molecule has 3 aromatic rings. The highest BCUT2D eigenvalue weighted by Gasteiger charge is 2.38. The summed E-state index contributed by atoms with van der Waals surface area (Å²) in [7, 11) is -0.338. The van der Waals surface area contributed by atoms with Crippen molar-refractivity contribution in [1.82, 2.24) is 18.8 Å². The van der Waals surface area contributed by atoms with Crippen LogP contribution in [-0.4, -0.2) is 40.9 Å². The Kier molecular flexibility index (Phi) is 5.42. The Balaban J connectivity index is 1.60. The molecule has 0 spiro atoms. The summed E-state index contributed by atoms with van der Waals surface area (Å²) in [6, 6.07) is 7.30. The van der Waals surface area contributed by atoms with Crippen LogP contribution in [0.25, 0.3) is 0 Å². The normalized spacial score (nSPS) is 18.1. The number of para-hydroxylation sites is 1. The summed E-state index contributed by atoms with van der Waals surface area (Å²) >= 11 is 0. The molecule has 1 atom stereocenters. The number of aryl methyl sites for hydroxylation is 1. The molecule has 0 radical (unpaired) electrons. The first-order valence-electron chi connectivity index (χ1n) is 9.55. The third kappa shape index (κ3) is 3.92. The third-order valence-electron chi connectivity index (χ3n) is 5.12. The number of benzene rings is 1. The number of sulfonamides is 1. The fraction of sp³-hybridized carbons (Fsp3) is 0.400. The fourth-order valence-corrected chi connectivity index (χ4v) is 5.30. The number of rotatable bonds is 6. The number of imidazole rings is 1. The molecule has 0 aliphatic carbocycles. The Labute approximate surface area is 170 Å². The van der Waals surface area contributed by atoms with Crippen LogP contribution in [-0.2, 0) is 23.5 Å². The van der Waals surface area contributed by atoms with E-state index < -0.39 is 16.1 Å². The van der Waals surface area contributed by atoms with Crippen molar-refractivity contribution in [2.45, 2.75) is 36.8 Å². The van der Waals surface area contributed by atoms with E-state index in [0.29, 0.717) is 31.0 Å². The zero-order chi connectivity index (χ0) is 20.4. The maximum absolute atomic E-state index is 13.1. The summed E-state index contributed by atoms with van der Waals surface area (Å²) in [4.78, 5) is 8.45. The molecule has 0 amide bonds. The van der Waals surface area contributed by atoms with Crippen molar-refractivity contribution in [1.29, 1.82) is 0 Å². The molecule has 0 N–H and O–H groups in total. The van der Waals surface area contributed by atoms with Gasteiger partial charge >= 0.3 is 0 Å². The Morgan fingerprint density at radius 2 is 2.07 bits per heavy atom. The summed E-state index contributed by atoms with van der Waals surface area (Å²) in [5, 5.41) is 0.0488. The fourth-order valence-electron chi connectivity index (χ4n) is 3.68.